The van der Waals surface area contributed by atoms with Gasteiger partial charge in [0.2, 0.25) is 0 Å². The molecule has 0 aromatic carbocycles. The Morgan fingerprint density at radius 3 is 2.25 bits per heavy atom. The summed E-state index contributed by atoms with van der Waals surface area (Å²) in [7, 11) is 0. The molecule has 0 spiro atoms. The molecule has 0 amide bonds. The molecule has 0 aromatic rings. The molecule has 5 atom stereocenters. The fraction of sp³-hybridized carbons (Fsp3) is 1.00. The highest BCUT2D eigenvalue weighted by Crippen LogP contribution is 2.24. The first-order valence-electron chi connectivity index (χ1n) is 3.52. The van der Waals surface area contributed by atoms with E-state index in [1.807, 2.05) is 0 Å². The van der Waals surface area contributed by atoms with Gasteiger partial charge in [-0.1, -0.05) is 15.9 Å². The molecule has 1 fully saturated rings. The number of rotatable bonds is 1. The number of aliphatic hydroxyl groups excluding tert-OH is 4. The van der Waals surface area contributed by atoms with Crippen molar-refractivity contribution in [3.8, 4) is 0 Å². The summed E-state index contributed by atoms with van der Waals surface area (Å²) in [5.74, 6) is 0. The quantitative estimate of drug-likeness (QED) is 0.407. The Morgan fingerprint density at radius 2 is 1.75 bits per heavy atom. The number of hydrogen-bond donors (Lipinski definition) is 4. The molecule has 5 nitrogen and oxygen atoms in total. The molecule has 0 aromatic heterocycles. The van der Waals surface area contributed by atoms with Gasteiger partial charge in [-0.15, -0.1) is 0 Å². The standard InChI is InChI=1S/C6H11BrO5/c7-3-2(1-8)12-6(11)5(10)4(3)9/h2-6,8-11H,1H2/t2-,3+,4+,5-,6+/m1/s1. The average molecular weight is 243 g/mol. The van der Waals surface area contributed by atoms with Gasteiger partial charge in [-0.25, -0.2) is 0 Å². The minimum Gasteiger partial charge on any atom is -0.394 e. The van der Waals surface area contributed by atoms with Crippen LogP contribution in [0.2, 0.25) is 0 Å². The first-order valence-corrected chi connectivity index (χ1v) is 4.44. The maximum absolute atomic E-state index is 9.27. The van der Waals surface area contributed by atoms with Gasteiger partial charge in [-0.3, -0.25) is 0 Å². The van der Waals surface area contributed by atoms with Gasteiger partial charge in [0.25, 0.3) is 0 Å². The fourth-order valence-corrected chi connectivity index (χ4v) is 1.66. The smallest absolute Gasteiger partial charge is 0.183 e. The molecule has 72 valence electrons. The summed E-state index contributed by atoms with van der Waals surface area (Å²) in [6, 6.07) is 0. The van der Waals surface area contributed by atoms with E-state index in [0.29, 0.717) is 0 Å². The molecule has 0 radical (unpaired) electrons. The number of hydrogen-bond acceptors (Lipinski definition) is 5. The van der Waals surface area contributed by atoms with Gasteiger partial charge in [0.15, 0.2) is 6.29 Å². The molecule has 4 N–H and O–H groups in total. The van der Waals surface area contributed by atoms with Crippen molar-refractivity contribution < 1.29 is 25.2 Å². The molecule has 1 rings (SSSR count). The predicted octanol–water partition coefficient (Wildman–Crippen LogP) is -1.82. The monoisotopic (exact) mass is 242 g/mol. The van der Waals surface area contributed by atoms with E-state index >= 15 is 0 Å². The van der Waals surface area contributed by atoms with Gasteiger partial charge < -0.3 is 25.2 Å². The molecule has 12 heavy (non-hydrogen) atoms. The largest absolute Gasteiger partial charge is 0.394 e. The van der Waals surface area contributed by atoms with Crippen LogP contribution in [0.4, 0.5) is 0 Å². The van der Waals surface area contributed by atoms with Gasteiger partial charge >= 0.3 is 0 Å². The third-order valence-corrected chi connectivity index (χ3v) is 2.95. The Hall–Kier alpha value is 0.280. The van der Waals surface area contributed by atoms with Crippen LogP contribution in [0.3, 0.4) is 0 Å². The first-order chi connectivity index (χ1) is 5.57. The van der Waals surface area contributed by atoms with Crippen LogP contribution in [0, 0.1) is 0 Å². The molecule has 0 saturated carbocycles. The van der Waals surface area contributed by atoms with Crippen molar-refractivity contribution in [1.29, 1.82) is 0 Å². The van der Waals surface area contributed by atoms with Crippen molar-refractivity contribution in [2.75, 3.05) is 6.61 Å². The fourth-order valence-electron chi connectivity index (χ4n) is 1.06. The van der Waals surface area contributed by atoms with Gasteiger partial charge in [-0.2, -0.15) is 0 Å². The molecule has 1 aliphatic rings. The Bertz CT molecular complexity index is 150. The maximum Gasteiger partial charge on any atom is 0.183 e. The molecule has 1 saturated heterocycles. The van der Waals surface area contributed by atoms with Crippen LogP contribution in [0.25, 0.3) is 0 Å². The van der Waals surface area contributed by atoms with Crippen molar-refractivity contribution in [1.82, 2.24) is 0 Å². The van der Waals surface area contributed by atoms with Crippen LogP contribution in [0.1, 0.15) is 0 Å². The maximum atomic E-state index is 9.27. The van der Waals surface area contributed by atoms with E-state index in [0.717, 1.165) is 0 Å². The van der Waals surface area contributed by atoms with Crippen LogP contribution in [-0.2, 0) is 4.74 Å². The van der Waals surface area contributed by atoms with Gasteiger partial charge in [0, 0.05) is 0 Å². The zero-order chi connectivity index (χ0) is 9.30. The molecule has 0 aliphatic carbocycles. The van der Waals surface area contributed by atoms with Gasteiger partial charge in [0.1, 0.15) is 6.10 Å². The second-order valence-corrected chi connectivity index (χ2v) is 3.73. The summed E-state index contributed by atoms with van der Waals surface area (Å²) in [5, 5.41) is 36.1. The molecule has 1 heterocycles. The lowest BCUT2D eigenvalue weighted by atomic mass is 10.0. The van der Waals surface area contributed by atoms with E-state index in [2.05, 4.69) is 15.9 Å². The van der Waals surface area contributed by atoms with E-state index in [-0.39, 0.29) is 6.61 Å². The van der Waals surface area contributed by atoms with Crippen molar-refractivity contribution in [3.05, 3.63) is 0 Å². The summed E-state index contributed by atoms with van der Waals surface area (Å²) in [6.07, 6.45) is -4.60. The number of aliphatic hydroxyl groups is 4. The van der Waals surface area contributed by atoms with Crippen molar-refractivity contribution in [2.24, 2.45) is 0 Å². The summed E-state index contributed by atoms with van der Waals surface area (Å²) in [5.41, 5.74) is 0. The number of alkyl halides is 1. The van der Waals surface area contributed by atoms with Gasteiger partial charge in [-0.05, 0) is 0 Å². The van der Waals surface area contributed by atoms with Crippen LogP contribution in [-0.4, -0.2) is 56.5 Å². The van der Waals surface area contributed by atoms with Gasteiger partial charge in [0.05, 0.1) is 23.6 Å². The number of halogens is 1. The van der Waals surface area contributed by atoms with E-state index in [1.165, 1.54) is 0 Å². The molecule has 0 bridgehead atoms. The Kier molecular flexibility index (Phi) is 3.45. The van der Waals surface area contributed by atoms with Crippen molar-refractivity contribution >= 4 is 15.9 Å². The highest BCUT2D eigenvalue weighted by atomic mass is 79.9. The highest BCUT2D eigenvalue weighted by Gasteiger charge is 2.42. The first kappa shape index (κ1) is 10.4. The molecular formula is C6H11BrO5. The van der Waals surface area contributed by atoms with Crippen LogP contribution in [0.5, 0.6) is 0 Å². The van der Waals surface area contributed by atoms with E-state index in [4.69, 9.17) is 20.1 Å². The minimum atomic E-state index is -1.44. The summed E-state index contributed by atoms with van der Waals surface area (Å²) in [4.78, 5) is -0.569. The highest BCUT2D eigenvalue weighted by molar-refractivity contribution is 9.09. The molecular weight excluding hydrogens is 232 g/mol. The summed E-state index contributed by atoms with van der Waals surface area (Å²) in [6.45, 7) is -0.323. The zero-order valence-corrected chi connectivity index (χ0v) is 7.75. The summed E-state index contributed by atoms with van der Waals surface area (Å²) < 4.78 is 4.78. The topological polar surface area (TPSA) is 90.2 Å². The average Bonchev–Trinajstić information content (AvgIpc) is 2.08. The second-order valence-electron chi connectivity index (χ2n) is 2.67. The molecule has 1 aliphatic heterocycles. The minimum absolute atomic E-state index is 0.323. The molecule has 6 heteroatoms. The predicted molar refractivity (Wildman–Crippen MR) is 42.7 cm³/mol. The van der Waals surface area contributed by atoms with E-state index in [9.17, 15) is 5.11 Å². The lowest BCUT2D eigenvalue weighted by Gasteiger charge is -2.37. The lowest BCUT2D eigenvalue weighted by Crippen LogP contribution is -2.56. The van der Waals surface area contributed by atoms with Crippen molar-refractivity contribution in [2.45, 2.75) is 29.4 Å². The zero-order valence-electron chi connectivity index (χ0n) is 6.17. The SMILES string of the molecule is OC[C@H]1O[C@H](O)[C@H](O)[C@@H](O)[C@H]1Br. The molecule has 0 unspecified atom stereocenters. The summed E-state index contributed by atoms with van der Waals surface area (Å²) >= 11 is 3.04. The lowest BCUT2D eigenvalue weighted by molar-refractivity contribution is -0.247. The Labute approximate surface area is 77.7 Å². The Morgan fingerprint density at radius 1 is 1.17 bits per heavy atom. The third-order valence-electron chi connectivity index (χ3n) is 1.82. The van der Waals surface area contributed by atoms with E-state index in [1.54, 1.807) is 0 Å². The normalized spacial score (nSPS) is 49.2. The second kappa shape index (κ2) is 3.99. The van der Waals surface area contributed by atoms with Crippen LogP contribution >= 0.6 is 15.9 Å². The number of ether oxygens (including phenoxy) is 1. The van der Waals surface area contributed by atoms with Crippen molar-refractivity contribution in [3.63, 3.8) is 0 Å². The van der Waals surface area contributed by atoms with Crippen LogP contribution < -0.4 is 0 Å². The third kappa shape index (κ3) is 1.78. The van der Waals surface area contributed by atoms with Crippen LogP contribution in [0.15, 0.2) is 0 Å². The Balaban J connectivity index is 2.63. The van der Waals surface area contributed by atoms with E-state index < -0.39 is 29.4 Å².